The van der Waals surface area contributed by atoms with E-state index in [1.807, 2.05) is 24.3 Å². The number of fused-ring (bicyclic) bond motifs is 1. The maximum absolute atomic E-state index is 12.0. The van der Waals surface area contributed by atoms with Gasteiger partial charge in [-0.1, -0.05) is 35.9 Å². The molecule has 0 aromatic heterocycles. The van der Waals surface area contributed by atoms with Gasteiger partial charge in [0.15, 0.2) is 0 Å². The monoisotopic (exact) mass is 302 g/mol. The smallest absolute Gasteiger partial charge is 0.319 e. The molecule has 0 saturated heterocycles. The Hall–Kier alpha value is -2.20. The van der Waals surface area contributed by atoms with Crippen molar-refractivity contribution >= 4 is 23.3 Å². The number of para-hydroxylation sites is 1. The Bertz CT molecular complexity index is 660. The standard InChI is InChI=1S/C16H15ClN2O2/c17-12-5-3-6-13(9-12)18-16(20)19-14-8-11-4-1-2-7-15(11)21-10-14/h1-7,9,14H,8,10H2,(H2,18,19,20)/t14-/m0/s1. The molecule has 4 nitrogen and oxygen atoms in total. The molecular weight excluding hydrogens is 288 g/mol. The van der Waals surface area contributed by atoms with Crippen molar-refractivity contribution in [1.82, 2.24) is 5.32 Å². The van der Waals surface area contributed by atoms with Crippen LogP contribution < -0.4 is 15.4 Å². The highest BCUT2D eigenvalue weighted by atomic mass is 35.5. The van der Waals surface area contributed by atoms with Gasteiger partial charge in [0.25, 0.3) is 0 Å². The molecule has 2 amide bonds. The molecule has 1 atom stereocenters. The van der Waals surface area contributed by atoms with Crippen molar-refractivity contribution in [3.05, 3.63) is 59.1 Å². The summed E-state index contributed by atoms with van der Waals surface area (Å²) < 4.78 is 5.64. The number of hydrogen-bond acceptors (Lipinski definition) is 2. The summed E-state index contributed by atoms with van der Waals surface area (Å²) in [4.78, 5) is 12.0. The van der Waals surface area contributed by atoms with Gasteiger partial charge in [-0.3, -0.25) is 0 Å². The summed E-state index contributed by atoms with van der Waals surface area (Å²) in [6.07, 6.45) is 0.763. The van der Waals surface area contributed by atoms with Crippen molar-refractivity contribution in [2.45, 2.75) is 12.5 Å². The predicted octanol–water partition coefficient (Wildman–Crippen LogP) is 3.47. The first-order valence-corrected chi connectivity index (χ1v) is 7.12. The highest BCUT2D eigenvalue weighted by Gasteiger charge is 2.20. The van der Waals surface area contributed by atoms with Crippen LogP contribution in [0.4, 0.5) is 10.5 Å². The Balaban J connectivity index is 1.59. The first-order chi connectivity index (χ1) is 10.2. The van der Waals surface area contributed by atoms with E-state index in [4.69, 9.17) is 16.3 Å². The van der Waals surface area contributed by atoms with Gasteiger partial charge >= 0.3 is 6.03 Å². The number of nitrogens with one attached hydrogen (secondary N) is 2. The third-order valence-electron chi connectivity index (χ3n) is 3.30. The van der Waals surface area contributed by atoms with E-state index in [1.165, 1.54) is 0 Å². The summed E-state index contributed by atoms with van der Waals surface area (Å²) in [6, 6.07) is 14.6. The van der Waals surface area contributed by atoms with Gasteiger partial charge in [-0.2, -0.15) is 0 Å². The molecule has 2 aromatic carbocycles. The van der Waals surface area contributed by atoms with Gasteiger partial charge in [-0.25, -0.2) is 4.79 Å². The number of anilines is 1. The molecular formula is C16H15ClN2O2. The van der Waals surface area contributed by atoms with Crippen LogP contribution >= 0.6 is 11.6 Å². The number of rotatable bonds is 2. The molecule has 2 N–H and O–H groups in total. The molecule has 1 aliphatic rings. The Kier molecular flexibility index (Phi) is 3.97. The maximum atomic E-state index is 12.0. The lowest BCUT2D eigenvalue weighted by atomic mass is 10.0. The lowest BCUT2D eigenvalue weighted by Crippen LogP contribution is -2.44. The van der Waals surface area contributed by atoms with Gasteiger partial charge in [-0.05, 0) is 36.2 Å². The van der Waals surface area contributed by atoms with Crippen LogP contribution in [-0.2, 0) is 6.42 Å². The third kappa shape index (κ3) is 3.47. The number of amides is 2. The number of urea groups is 1. The minimum atomic E-state index is -0.259. The molecule has 0 bridgehead atoms. The Morgan fingerprint density at radius 3 is 2.90 bits per heavy atom. The van der Waals surface area contributed by atoms with Gasteiger partial charge in [0, 0.05) is 10.7 Å². The van der Waals surface area contributed by atoms with Crippen molar-refractivity contribution in [1.29, 1.82) is 0 Å². The van der Waals surface area contributed by atoms with Crippen LogP contribution in [0.5, 0.6) is 5.75 Å². The maximum Gasteiger partial charge on any atom is 0.319 e. The molecule has 0 saturated carbocycles. The van der Waals surface area contributed by atoms with Gasteiger partial charge in [0.05, 0.1) is 6.04 Å². The van der Waals surface area contributed by atoms with Crippen molar-refractivity contribution < 1.29 is 9.53 Å². The van der Waals surface area contributed by atoms with Crippen LogP contribution in [0.25, 0.3) is 0 Å². The summed E-state index contributed by atoms with van der Waals surface area (Å²) in [5, 5.41) is 6.26. The third-order valence-corrected chi connectivity index (χ3v) is 3.53. The minimum Gasteiger partial charge on any atom is -0.491 e. The Morgan fingerprint density at radius 1 is 1.19 bits per heavy atom. The van der Waals surface area contributed by atoms with E-state index in [2.05, 4.69) is 10.6 Å². The molecule has 0 fully saturated rings. The highest BCUT2D eigenvalue weighted by molar-refractivity contribution is 6.30. The topological polar surface area (TPSA) is 50.4 Å². The summed E-state index contributed by atoms with van der Waals surface area (Å²) in [7, 11) is 0. The fourth-order valence-corrected chi connectivity index (χ4v) is 2.53. The SMILES string of the molecule is O=C(Nc1cccc(Cl)c1)N[C@@H]1COc2ccccc2C1. The fraction of sp³-hybridized carbons (Fsp3) is 0.188. The lowest BCUT2D eigenvalue weighted by molar-refractivity contribution is 0.222. The summed E-state index contributed by atoms with van der Waals surface area (Å²) >= 11 is 5.88. The van der Waals surface area contributed by atoms with Gasteiger partial charge in [-0.15, -0.1) is 0 Å². The van der Waals surface area contributed by atoms with Crippen molar-refractivity contribution in [2.75, 3.05) is 11.9 Å². The zero-order chi connectivity index (χ0) is 14.7. The van der Waals surface area contributed by atoms with E-state index in [1.54, 1.807) is 24.3 Å². The van der Waals surface area contributed by atoms with E-state index in [0.29, 0.717) is 17.3 Å². The zero-order valence-electron chi connectivity index (χ0n) is 11.3. The second-order valence-electron chi connectivity index (χ2n) is 4.93. The number of carbonyl (C=O) groups excluding carboxylic acids is 1. The first-order valence-electron chi connectivity index (χ1n) is 6.74. The molecule has 108 valence electrons. The number of carbonyl (C=O) groups is 1. The Labute approximate surface area is 128 Å². The second-order valence-corrected chi connectivity index (χ2v) is 5.37. The van der Waals surface area contributed by atoms with Crippen LogP contribution in [0.15, 0.2) is 48.5 Å². The summed E-state index contributed by atoms with van der Waals surface area (Å²) in [5.74, 6) is 0.894. The van der Waals surface area contributed by atoms with E-state index < -0.39 is 0 Å². The molecule has 2 aromatic rings. The zero-order valence-corrected chi connectivity index (χ0v) is 12.1. The van der Waals surface area contributed by atoms with E-state index in [0.717, 1.165) is 17.7 Å². The van der Waals surface area contributed by atoms with E-state index in [-0.39, 0.29) is 12.1 Å². The number of halogens is 1. The molecule has 3 rings (SSSR count). The lowest BCUT2D eigenvalue weighted by Gasteiger charge is -2.26. The molecule has 1 aliphatic heterocycles. The molecule has 0 spiro atoms. The van der Waals surface area contributed by atoms with Gasteiger partial charge < -0.3 is 15.4 Å². The number of ether oxygens (including phenoxy) is 1. The molecule has 21 heavy (non-hydrogen) atoms. The molecule has 0 aliphatic carbocycles. The van der Waals surface area contributed by atoms with Crippen molar-refractivity contribution in [3.63, 3.8) is 0 Å². The quantitative estimate of drug-likeness (QED) is 0.892. The fourth-order valence-electron chi connectivity index (χ4n) is 2.34. The van der Waals surface area contributed by atoms with Crippen molar-refractivity contribution in [2.24, 2.45) is 0 Å². The van der Waals surface area contributed by atoms with Crippen LogP contribution in [0.3, 0.4) is 0 Å². The molecule has 0 radical (unpaired) electrons. The average Bonchev–Trinajstić information content (AvgIpc) is 2.47. The first kappa shape index (κ1) is 13.8. The van der Waals surface area contributed by atoms with Crippen LogP contribution in [0, 0.1) is 0 Å². The molecule has 1 heterocycles. The predicted molar refractivity (Wildman–Crippen MR) is 83.0 cm³/mol. The van der Waals surface area contributed by atoms with Crippen molar-refractivity contribution in [3.8, 4) is 5.75 Å². The van der Waals surface area contributed by atoms with Gasteiger partial charge in [0.2, 0.25) is 0 Å². The van der Waals surface area contributed by atoms with Crippen LogP contribution in [0.2, 0.25) is 5.02 Å². The van der Waals surface area contributed by atoms with E-state index in [9.17, 15) is 4.79 Å². The van der Waals surface area contributed by atoms with Crippen LogP contribution in [-0.4, -0.2) is 18.7 Å². The van der Waals surface area contributed by atoms with Crippen LogP contribution in [0.1, 0.15) is 5.56 Å². The number of hydrogen-bond donors (Lipinski definition) is 2. The second kappa shape index (κ2) is 6.06. The highest BCUT2D eigenvalue weighted by Crippen LogP contribution is 2.24. The molecule has 5 heteroatoms. The Morgan fingerprint density at radius 2 is 2.05 bits per heavy atom. The average molecular weight is 303 g/mol. The normalized spacial score (nSPS) is 16.5. The van der Waals surface area contributed by atoms with E-state index >= 15 is 0 Å². The summed E-state index contributed by atoms with van der Waals surface area (Å²) in [5.41, 5.74) is 1.77. The van der Waals surface area contributed by atoms with Gasteiger partial charge in [0.1, 0.15) is 12.4 Å². The molecule has 0 unspecified atom stereocenters. The minimum absolute atomic E-state index is 0.0425. The number of benzene rings is 2. The summed E-state index contributed by atoms with van der Waals surface area (Å²) in [6.45, 7) is 0.472. The largest absolute Gasteiger partial charge is 0.491 e.